The zero-order chi connectivity index (χ0) is 47.8. The third-order valence-electron chi connectivity index (χ3n) is 14.6. The van der Waals surface area contributed by atoms with Crippen molar-refractivity contribution in [2.45, 2.75) is 230 Å². The van der Waals surface area contributed by atoms with E-state index in [4.69, 9.17) is 9.98 Å². The van der Waals surface area contributed by atoms with Crippen molar-refractivity contribution in [2.75, 3.05) is 0 Å². The SMILES string of the molecule is CC(C)c1cc(C(C)C)c(S(=O)(=O)N2C(c3cc(C(C)(C)C)cc(C4=N[C@H]5CCCC[C@@H]5N4S(=O)(=O)c4c(C(C)C)cc(C(C)C)cc4C(C)C)c3O)=N[C@H]3CCCC[C@@H]32)c(C(C)C)c1. The van der Waals surface area contributed by atoms with Crippen molar-refractivity contribution in [3.63, 3.8) is 0 Å². The summed E-state index contributed by atoms with van der Waals surface area (Å²) in [5, 5.41) is 13.0. The van der Waals surface area contributed by atoms with Gasteiger partial charge in [-0.25, -0.2) is 25.4 Å². The highest BCUT2D eigenvalue weighted by Gasteiger charge is 2.50. The molecule has 2 fully saturated rings. The Morgan fingerprint density at radius 3 is 1.09 bits per heavy atom. The maximum atomic E-state index is 15.9. The highest BCUT2D eigenvalue weighted by molar-refractivity contribution is 7.90. The van der Waals surface area contributed by atoms with Gasteiger partial charge in [-0.05, 0) is 118 Å². The molecule has 4 aliphatic rings. The Morgan fingerprint density at radius 2 is 0.815 bits per heavy atom. The van der Waals surface area contributed by atoms with Gasteiger partial charge in [0.05, 0.1) is 45.1 Å². The number of hydrogen-bond acceptors (Lipinski definition) is 7. The highest BCUT2D eigenvalue weighted by Crippen LogP contribution is 2.47. The maximum absolute atomic E-state index is 15.9. The molecule has 0 bridgehead atoms. The number of benzene rings is 3. The monoisotopic (exact) mass is 927 g/mol. The minimum atomic E-state index is -4.27. The molecule has 0 unspecified atom stereocenters. The number of amidine groups is 2. The van der Waals surface area contributed by atoms with Crippen molar-refractivity contribution >= 4 is 31.7 Å². The molecule has 3 aromatic rings. The molecule has 0 amide bonds. The molecule has 9 nitrogen and oxygen atoms in total. The molecule has 1 N–H and O–H groups in total. The summed E-state index contributed by atoms with van der Waals surface area (Å²) >= 11 is 0. The van der Waals surface area contributed by atoms with Crippen molar-refractivity contribution in [2.24, 2.45) is 9.98 Å². The summed E-state index contributed by atoms with van der Waals surface area (Å²) in [5.74, 6) is 0.386. The van der Waals surface area contributed by atoms with E-state index < -0.39 is 37.5 Å². The van der Waals surface area contributed by atoms with E-state index in [2.05, 4.69) is 128 Å². The molecular weight excluding hydrogens is 849 g/mol. The molecule has 0 radical (unpaired) electrons. The van der Waals surface area contributed by atoms with Crippen LogP contribution in [0.25, 0.3) is 0 Å². The Balaban J connectivity index is 1.49. The molecule has 0 aromatic heterocycles. The summed E-state index contributed by atoms with van der Waals surface area (Å²) < 4.78 is 66.9. The molecule has 11 heteroatoms. The van der Waals surface area contributed by atoms with Crippen LogP contribution in [0.15, 0.2) is 56.2 Å². The number of hydrogen-bond donors (Lipinski definition) is 1. The van der Waals surface area contributed by atoms with E-state index >= 15 is 16.8 Å². The number of sulfonamides is 2. The molecular formula is C54H78N4O5S2. The van der Waals surface area contributed by atoms with Crippen molar-refractivity contribution in [1.82, 2.24) is 8.61 Å². The van der Waals surface area contributed by atoms with Crippen molar-refractivity contribution < 1.29 is 21.9 Å². The maximum Gasteiger partial charge on any atom is 0.266 e. The number of rotatable bonds is 12. The van der Waals surface area contributed by atoms with E-state index in [1.807, 2.05) is 12.1 Å². The third-order valence-corrected chi connectivity index (χ3v) is 18.5. The first-order chi connectivity index (χ1) is 30.3. The second-order valence-corrected chi connectivity index (χ2v) is 26.0. The van der Waals surface area contributed by atoms with Crippen LogP contribution in [0.4, 0.5) is 0 Å². The second-order valence-electron chi connectivity index (χ2n) is 22.5. The lowest BCUT2D eigenvalue weighted by Crippen LogP contribution is -2.46. The fraction of sp³-hybridized carbons (Fsp3) is 0.630. The zero-order valence-electron chi connectivity index (χ0n) is 42.1. The lowest BCUT2D eigenvalue weighted by Gasteiger charge is -2.35. The molecule has 2 aliphatic heterocycles. The summed E-state index contributed by atoms with van der Waals surface area (Å²) in [6, 6.07) is 10.7. The van der Waals surface area contributed by atoms with Crippen LogP contribution in [0.5, 0.6) is 5.75 Å². The largest absolute Gasteiger partial charge is 0.506 e. The Bertz CT molecular complexity index is 2370. The topological polar surface area (TPSA) is 120 Å². The average Bonchev–Trinajstić information content (AvgIpc) is 3.82. The summed E-state index contributed by atoms with van der Waals surface area (Å²) in [5.41, 5.74) is 6.31. The number of phenols is 1. The fourth-order valence-electron chi connectivity index (χ4n) is 10.7. The van der Waals surface area contributed by atoms with Crippen LogP contribution in [0, 0.1) is 0 Å². The first-order valence-electron chi connectivity index (χ1n) is 24.8. The Labute approximate surface area is 392 Å². The quantitative estimate of drug-likeness (QED) is 0.194. The van der Waals surface area contributed by atoms with Gasteiger partial charge in [0.25, 0.3) is 20.0 Å². The van der Waals surface area contributed by atoms with Gasteiger partial charge in [-0.2, -0.15) is 0 Å². The second kappa shape index (κ2) is 18.1. The van der Waals surface area contributed by atoms with Crippen LogP contribution < -0.4 is 0 Å². The van der Waals surface area contributed by atoms with Gasteiger partial charge < -0.3 is 5.11 Å². The molecule has 3 aromatic carbocycles. The van der Waals surface area contributed by atoms with Gasteiger partial charge in [0.1, 0.15) is 17.4 Å². The first-order valence-corrected chi connectivity index (χ1v) is 27.6. The predicted octanol–water partition coefficient (Wildman–Crippen LogP) is 13.0. The van der Waals surface area contributed by atoms with Crippen LogP contribution in [-0.2, 0) is 25.5 Å². The fourth-order valence-corrected chi connectivity index (χ4v) is 15.4. The number of aliphatic imine (C=N–C) groups is 2. The minimum absolute atomic E-state index is 0.0730. The minimum Gasteiger partial charge on any atom is -0.506 e. The van der Waals surface area contributed by atoms with Gasteiger partial charge >= 0.3 is 0 Å². The summed E-state index contributed by atoms with van der Waals surface area (Å²) in [6.45, 7) is 31.3. The number of aromatic hydroxyl groups is 1. The van der Waals surface area contributed by atoms with Gasteiger partial charge in [0.15, 0.2) is 0 Å². The van der Waals surface area contributed by atoms with E-state index in [9.17, 15) is 5.11 Å². The van der Waals surface area contributed by atoms with Crippen LogP contribution in [0.1, 0.15) is 241 Å². The summed E-state index contributed by atoms with van der Waals surface area (Å²) in [4.78, 5) is 11.3. The van der Waals surface area contributed by atoms with E-state index in [1.165, 1.54) is 0 Å². The smallest absolute Gasteiger partial charge is 0.266 e. The molecule has 65 heavy (non-hydrogen) atoms. The molecule has 0 saturated heterocycles. The van der Waals surface area contributed by atoms with Crippen LogP contribution in [0.2, 0.25) is 0 Å². The first kappa shape index (κ1) is 49.2. The van der Waals surface area contributed by atoms with Crippen LogP contribution in [0.3, 0.4) is 0 Å². The Hall–Kier alpha value is -3.70. The predicted molar refractivity (Wildman–Crippen MR) is 267 cm³/mol. The van der Waals surface area contributed by atoms with Crippen molar-refractivity contribution in [3.8, 4) is 5.75 Å². The van der Waals surface area contributed by atoms with Crippen molar-refractivity contribution in [3.05, 3.63) is 86.5 Å². The number of fused-ring (bicyclic) bond motifs is 2. The van der Waals surface area contributed by atoms with E-state index in [0.717, 1.165) is 77.5 Å². The van der Waals surface area contributed by atoms with Gasteiger partial charge in [0.2, 0.25) is 0 Å². The summed E-state index contributed by atoms with van der Waals surface area (Å²) in [7, 11) is -8.53. The number of phenolic OH excluding ortho intramolecular Hbond substituents is 1. The van der Waals surface area contributed by atoms with Gasteiger partial charge in [-0.15, -0.1) is 0 Å². The normalized spacial score (nSPS) is 21.9. The van der Waals surface area contributed by atoms with E-state index in [1.54, 1.807) is 8.61 Å². The van der Waals surface area contributed by atoms with Gasteiger partial charge in [-0.1, -0.05) is 154 Å². The standard InChI is InChI=1S/C54H78N4O5S2/c1-30(2)36-24-39(32(5)6)50(40(25-36)33(7)8)64(60,61)57-47-22-18-16-20-45(47)55-52(57)43-28-38(54(13,14)15)29-44(49(43)59)53-56-46-21-17-19-23-48(46)58(53)65(62,63)51-41(34(9)10)26-37(31(3)4)27-42(51)35(11)12/h24-35,45-48,59H,16-23H2,1-15H3/t45-,46-,47-,48-/m0/s1. The Morgan fingerprint density at radius 1 is 0.508 bits per heavy atom. The average molecular weight is 927 g/mol. The zero-order valence-corrected chi connectivity index (χ0v) is 43.7. The van der Waals surface area contributed by atoms with Gasteiger partial charge in [-0.3, -0.25) is 9.98 Å². The highest BCUT2D eigenvalue weighted by atomic mass is 32.2. The lowest BCUT2D eigenvalue weighted by atomic mass is 9.84. The molecule has 0 spiro atoms. The lowest BCUT2D eigenvalue weighted by molar-refractivity contribution is 0.315. The Kier molecular flexibility index (Phi) is 13.7. The molecule has 356 valence electrons. The third kappa shape index (κ3) is 8.84. The van der Waals surface area contributed by atoms with Crippen LogP contribution in [-0.4, -0.2) is 66.4 Å². The van der Waals surface area contributed by atoms with Crippen molar-refractivity contribution in [1.29, 1.82) is 0 Å². The van der Waals surface area contributed by atoms with Crippen LogP contribution >= 0.6 is 0 Å². The molecule has 2 saturated carbocycles. The molecule has 2 heterocycles. The van der Waals surface area contributed by atoms with Gasteiger partial charge in [0, 0.05) is 0 Å². The molecule has 4 atom stereocenters. The molecule has 2 aliphatic carbocycles. The van der Waals surface area contributed by atoms with E-state index in [0.29, 0.717) is 33.8 Å². The summed E-state index contributed by atoms with van der Waals surface area (Å²) in [6.07, 6.45) is 6.38. The molecule has 7 rings (SSSR count). The van der Waals surface area contributed by atoms with E-state index in [-0.39, 0.29) is 65.0 Å². The number of nitrogens with zero attached hydrogens (tertiary/aromatic N) is 4.